The monoisotopic (exact) mass is 577 g/mol. The summed E-state index contributed by atoms with van der Waals surface area (Å²) in [5.74, 6) is 0. The Labute approximate surface area is 260 Å². The zero-order valence-electron chi connectivity index (χ0n) is 24.4. The van der Waals surface area contributed by atoms with Gasteiger partial charge < -0.3 is 13.7 Å². The standard InChI is InChI=1S/C42H27NO2/c1-3-10-29(11-4-1)34-15-9-16-36-37-26-30(20-24-41(37)45-42(34)36)28-18-21-32(22-19-28)43(31-12-5-2-6-13-31)33-23-25-40-38(27-33)35-14-7-8-17-39(35)44-40/h1-27H. The quantitative estimate of drug-likeness (QED) is 0.204. The molecule has 2 heterocycles. The highest BCUT2D eigenvalue weighted by molar-refractivity contribution is 6.10. The van der Waals surface area contributed by atoms with Crippen molar-refractivity contribution in [3.05, 3.63) is 164 Å². The first-order valence-electron chi connectivity index (χ1n) is 15.2. The van der Waals surface area contributed by atoms with Gasteiger partial charge in [0.25, 0.3) is 0 Å². The maximum atomic E-state index is 6.42. The second kappa shape index (κ2) is 10.3. The van der Waals surface area contributed by atoms with Crippen LogP contribution in [-0.4, -0.2) is 0 Å². The first kappa shape index (κ1) is 25.4. The van der Waals surface area contributed by atoms with Crippen molar-refractivity contribution >= 4 is 60.9 Å². The molecule has 2 aromatic heterocycles. The number of anilines is 3. The Morgan fingerprint density at radius 1 is 0.333 bits per heavy atom. The summed E-state index contributed by atoms with van der Waals surface area (Å²) in [7, 11) is 0. The van der Waals surface area contributed by atoms with Crippen LogP contribution in [0.2, 0.25) is 0 Å². The van der Waals surface area contributed by atoms with Crippen molar-refractivity contribution in [3.63, 3.8) is 0 Å². The van der Waals surface area contributed by atoms with Crippen molar-refractivity contribution in [3.8, 4) is 22.3 Å². The van der Waals surface area contributed by atoms with Crippen molar-refractivity contribution in [2.75, 3.05) is 4.90 Å². The number of hydrogen-bond donors (Lipinski definition) is 0. The first-order valence-corrected chi connectivity index (χ1v) is 15.2. The molecular formula is C42H27NO2. The Morgan fingerprint density at radius 2 is 0.933 bits per heavy atom. The molecule has 0 fully saturated rings. The van der Waals surface area contributed by atoms with Crippen molar-refractivity contribution < 1.29 is 8.83 Å². The third-order valence-electron chi connectivity index (χ3n) is 8.67. The summed E-state index contributed by atoms with van der Waals surface area (Å²) in [6, 6.07) is 57.3. The SMILES string of the molecule is c1ccc(-c2cccc3c2oc2ccc(-c4ccc(N(c5ccccc5)c5ccc6oc7ccccc7c6c5)cc4)cc23)cc1. The smallest absolute Gasteiger partial charge is 0.143 e. The molecule has 45 heavy (non-hydrogen) atoms. The van der Waals surface area contributed by atoms with E-state index in [-0.39, 0.29) is 0 Å². The Hall–Kier alpha value is -6.06. The van der Waals surface area contributed by atoms with Crippen LogP contribution < -0.4 is 4.90 Å². The Morgan fingerprint density at radius 3 is 1.78 bits per heavy atom. The van der Waals surface area contributed by atoms with Gasteiger partial charge in [-0.1, -0.05) is 103 Å². The molecular weight excluding hydrogens is 550 g/mol. The van der Waals surface area contributed by atoms with Crippen LogP contribution in [0.15, 0.2) is 173 Å². The summed E-state index contributed by atoms with van der Waals surface area (Å²) in [5, 5.41) is 4.48. The number of nitrogens with zero attached hydrogens (tertiary/aromatic N) is 1. The first-order chi connectivity index (χ1) is 22.3. The van der Waals surface area contributed by atoms with Gasteiger partial charge in [-0.3, -0.25) is 0 Å². The van der Waals surface area contributed by atoms with Crippen LogP contribution in [0.3, 0.4) is 0 Å². The maximum Gasteiger partial charge on any atom is 0.143 e. The Bertz CT molecular complexity index is 2470. The lowest BCUT2D eigenvalue weighted by Crippen LogP contribution is -2.09. The molecule has 0 aliphatic heterocycles. The lowest BCUT2D eigenvalue weighted by Gasteiger charge is -2.25. The summed E-state index contributed by atoms with van der Waals surface area (Å²) in [5.41, 5.74) is 11.4. The predicted molar refractivity (Wildman–Crippen MR) is 187 cm³/mol. The van der Waals surface area contributed by atoms with E-state index in [9.17, 15) is 0 Å². The van der Waals surface area contributed by atoms with Gasteiger partial charge in [0.1, 0.15) is 22.3 Å². The van der Waals surface area contributed by atoms with Gasteiger partial charge in [-0.2, -0.15) is 0 Å². The van der Waals surface area contributed by atoms with Gasteiger partial charge in [-0.15, -0.1) is 0 Å². The van der Waals surface area contributed by atoms with Gasteiger partial charge in [0, 0.05) is 44.2 Å². The minimum atomic E-state index is 0.890. The van der Waals surface area contributed by atoms with Crippen molar-refractivity contribution in [1.29, 1.82) is 0 Å². The molecule has 0 N–H and O–H groups in total. The molecule has 0 radical (unpaired) electrons. The highest BCUT2D eigenvalue weighted by Gasteiger charge is 2.16. The van der Waals surface area contributed by atoms with Gasteiger partial charge in [0.05, 0.1) is 0 Å². The Kier molecular flexibility index (Phi) is 5.82. The maximum absolute atomic E-state index is 6.42. The molecule has 7 aromatic carbocycles. The van der Waals surface area contributed by atoms with E-state index in [4.69, 9.17) is 8.83 Å². The van der Waals surface area contributed by atoms with E-state index < -0.39 is 0 Å². The summed E-state index contributed by atoms with van der Waals surface area (Å²) in [6.07, 6.45) is 0. The zero-order chi connectivity index (χ0) is 29.7. The molecule has 9 rings (SSSR count). The molecule has 3 heteroatoms. The van der Waals surface area contributed by atoms with E-state index in [1.165, 1.54) is 0 Å². The highest BCUT2D eigenvalue weighted by atomic mass is 16.3. The molecule has 0 aliphatic rings. The van der Waals surface area contributed by atoms with Crippen LogP contribution in [0.4, 0.5) is 17.1 Å². The van der Waals surface area contributed by atoms with Crippen LogP contribution in [0.5, 0.6) is 0 Å². The average molecular weight is 578 g/mol. The molecule has 0 atom stereocenters. The molecule has 9 aromatic rings. The minimum Gasteiger partial charge on any atom is -0.456 e. The van der Waals surface area contributed by atoms with Gasteiger partial charge >= 0.3 is 0 Å². The van der Waals surface area contributed by atoms with Crippen LogP contribution >= 0.6 is 0 Å². The normalized spacial score (nSPS) is 11.6. The topological polar surface area (TPSA) is 29.5 Å². The molecule has 0 amide bonds. The fourth-order valence-electron chi connectivity index (χ4n) is 6.50. The molecule has 0 unspecified atom stereocenters. The zero-order valence-corrected chi connectivity index (χ0v) is 24.4. The molecule has 212 valence electrons. The van der Waals surface area contributed by atoms with Crippen LogP contribution in [-0.2, 0) is 0 Å². The van der Waals surface area contributed by atoms with Crippen LogP contribution in [0.1, 0.15) is 0 Å². The molecule has 0 bridgehead atoms. The van der Waals surface area contributed by atoms with Gasteiger partial charge in [0.15, 0.2) is 0 Å². The molecule has 0 saturated carbocycles. The lowest BCUT2D eigenvalue weighted by atomic mass is 10.00. The Balaban J connectivity index is 1.12. The highest BCUT2D eigenvalue weighted by Crippen LogP contribution is 2.40. The van der Waals surface area contributed by atoms with E-state index >= 15 is 0 Å². The van der Waals surface area contributed by atoms with Crippen molar-refractivity contribution in [1.82, 2.24) is 0 Å². The molecule has 3 nitrogen and oxygen atoms in total. The average Bonchev–Trinajstić information content (AvgIpc) is 3.67. The number of furan rings is 2. The number of para-hydroxylation sites is 3. The number of hydrogen-bond acceptors (Lipinski definition) is 3. The van der Waals surface area contributed by atoms with E-state index in [0.717, 1.165) is 83.2 Å². The number of fused-ring (bicyclic) bond motifs is 6. The third-order valence-corrected chi connectivity index (χ3v) is 8.67. The van der Waals surface area contributed by atoms with E-state index in [1.54, 1.807) is 0 Å². The number of benzene rings is 7. The molecule has 0 saturated heterocycles. The van der Waals surface area contributed by atoms with Gasteiger partial charge in [-0.25, -0.2) is 0 Å². The van der Waals surface area contributed by atoms with Crippen LogP contribution in [0, 0.1) is 0 Å². The summed E-state index contributed by atoms with van der Waals surface area (Å²) < 4.78 is 12.5. The van der Waals surface area contributed by atoms with Crippen molar-refractivity contribution in [2.24, 2.45) is 0 Å². The largest absolute Gasteiger partial charge is 0.456 e. The second-order valence-electron chi connectivity index (χ2n) is 11.4. The fourth-order valence-corrected chi connectivity index (χ4v) is 6.50. The summed E-state index contributed by atoms with van der Waals surface area (Å²) in [4.78, 5) is 2.29. The van der Waals surface area contributed by atoms with E-state index in [2.05, 4.69) is 150 Å². The van der Waals surface area contributed by atoms with Crippen molar-refractivity contribution in [2.45, 2.75) is 0 Å². The minimum absolute atomic E-state index is 0.890. The predicted octanol–water partition coefficient (Wildman–Crippen LogP) is 12.3. The molecule has 0 aliphatic carbocycles. The van der Waals surface area contributed by atoms with Crippen LogP contribution in [0.25, 0.3) is 66.1 Å². The third kappa shape index (κ3) is 4.29. The fraction of sp³-hybridized carbons (Fsp3) is 0. The van der Waals surface area contributed by atoms with E-state index in [1.807, 2.05) is 18.2 Å². The summed E-state index contributed by atoms with van der Waals surface area (Å²) in [6.45, 7) is 0. The summed E-state index contributed by atoms with van der Waals surface area (Å²) >= 11 is 0. The number of rotatable bonds is 5. The van der Waals surface area contributed by atoms with Gasteiger partial charge in [0.2, 0.25) is 0 Å². The van der Waals surface area contributed by atoms with E-state index in [0.29, 0.717) is 0 Å². The lowest BCUT2D eigenvalue weighted by molar-refractivity contribution is 0.669. The second-order valence-corrected chi connectivity index (χ2v) is 11.4. The van der Waals surface area contributed by atoms with Gasteiger partial charge in [-0.05, 0) is 77.4 Å². The molecule has 0 spiro atoms.